The Balaban J connectivity index is 2.63. The Hall–Kier alpha value is -2.60. The quantitative estimate of drug-likeness (QED) is 0.607. The van der Waals surface area contributed by atoms with Gasteiger partial charge in [-0.15, -0.1) is 0 Å². The monoisotopic (exact) mass is 234 g/mol. The molecular formula is C15H10N2O. The summed E-state index contributed by atoms with van der Waals surface area (Å²) in [6.45, 7) is 1.85. The van der Waals surface area contributed by atoms with Crippen molar-refractivity contribution in [1.82, 2.24) is 0 Å². The maximum absolute atomic E-state index is 9.04. The smallest absolute Gasteiger partial charge is 0.230 e. The van der Waals surface area contributed by atoms with E-state index < -0.39 is 0 Å². The third-order valence-corrected chi connectivity index (χ3v) is 3.20. The van der Waals surface area contributed by atoms with Crippen LogP contribution in [0, 0.1) is 23.7 Å². The van der Waals surface area contributed by atoms with Gasteiger partial charge >= 0.3 is 0 Å². The number of nitrogens with one attached hydrogen (secondary N) is 1. The summed E-state index contributed by atoms with van der Waals surface area (Å²) >= 11 is 0. The van der Waals surface area contributed by atoms with Crippen molar-refractivity contribution in [3.05, 3.63) is 53.1 Å². The number of fused-ring (bicyclic) bond motifs is 3. The molecule has 0 aliphatic rings. The molecule has 3 aromatic rings. The lowest BCUT2D eigenvalue weighted by atomic mass is 10.0. The zero-order valence-corrected chi connectivity index (χ0v) is 9.82. The number of hydrogen-bond donors (Lipinski definition) is 1. The Bertz CT molecular complexity index is 869. The van der Waals surface area contributed by atoms with Crippen molar-refractivity contribution in [2.45, 2.75) is 6.92 Å². The predicted octanol–water partition coefficient (Wildman–Crippen LogP) is 3.25. The van der Waals surface area contributed by atoms with E-state index in [2.05, 4.69) is 0 Å². The van der Waals surface area contributed by atoms with E-state index in [4.69, 9.17) is 15.1 Å². The van der Waals surface area contributed by atoms with Crippen LogP contribution in [0.25, 0.3) is 21.7 Å². The normalized spacial score (nSPS) is 10.7. The second-order valence-corrected chi connectivity index (χ2v) is 4.21. The second kappa shape index (κ2) is 3.71. The third kappa shape index (κ3) is 1.33. The predicted molar refractivity (Wildman–Crippen MR) is 69.0 cm³/mol. The van der Waals surface area contributed by atoms with E-state index in [1.165, 1.54) is 0 Å². The molecule has 0 atom stereocenters. The second-order valence-electron chi connectivity index (χ2n) is 4.21. The summed E-state index contributed by atoms with van der Waals surface area (Å²) in [6.07, 6.45) is 0. The van der Waals surface area contributed by atoms with E-state index in [1.807, 2.05) is 49.4 Å². The number of aryl methyl sites for hydroxylation is 1. The van der Waals surface area contributed by atoms with Crippen LogP contribution < -0.4 is 5.55 Å². The summed E-state index contributed by atoms with van der Waals surface area (Å²) in [5.74, 6) is 0. The summed E-state index contributed by atoms with van der Waals surface area (Å²) in [5.41, 5.74) is 1.71. The van der Waals surface area contributed by atoms with Gasteiger partial charge in [0.1, 0.15) is 17.2 Å². The van der Waals surface area contributed by atoms with Gasteiger partial charge in [0.2, 0.25) is 5.55 Å². The van der Waals surface area contributed by atoms with Crippen LogP contribution in [-0.2, 0) is 0 Å². The third-order valence-electron chi connectivity index (χ3n) is 3.20. The first-order chi connectivity index (χ1) is 8.72. The first kappa shape index (κ1) is 10.5. The number of hydrogen-bond acceptors (Lipinski definition) is 3. The van der Waals surface area contributed by atoms with Crippen molar-refractivity contribution in [2.24, 2.45) is 0 Å². The van der Waals surface area contributed by atoms with Gasteiger partial charge < -0.3 is 4.42 Å². The van der Waals surface area contributed by atoms with Crippen LogP contribution in [-0.4, -0.2) is 0 Å². The van der Waals surface area contributed by atoms with E-state index in [0.717, 1.165) is 21.7 Å². The molecule has 0 saturated heterocycles. The maximum Gasteiger partial charge on any atom is 0.230 e. The standard InChI is InChI=1S/C15H10N2O/c1-9-11-7-6-10-4-2-3-5-12(10)14(11)18-15(17)13(9)8-16/h2-7,17H,1H3. The highest BCUT2D eigenvalue weighted by Gasteiger charge is 2.10. The molecule has 1 aromatic heterocycles. The minimum absolute atomic E-state index is 0.0705. The molecule has 18 heavy (non-hydrogen) atoms. The number of nitriles is 1. The highest BCUT2D eigenvalue weighted by Crippen LogP contribution is 2.27. The van der Waals surface area contributed by atoms with E-state index in [-0.39, 0.29) is 5.55 Å². The highest BCUT2D eigenvalue weighted by atomic mass is 16.3. The van der Waals surface area contributed by atoms with Crippen LogP contribution >= 0.6 is 0 Å². The molecule has 0 saturated carbocycles. The molecule has 0 bridgehead atoms. The molecule has 0 amide bonds. The topological polar surface area (TPSA) is 60.8 Å². The van der Waals surface area contributed by atoms with Crippen molar-refractivity contribution in [2.75, 3.05) is 0 Å². The van der Waals surface area contributed by atoms with Gasteiger partial charge in [0.25, 0.3) is 0 Å². The highest BCUT2D eigenvalue weighted by molar-refractivity contribution is 6.05. The fourth-order valence-electron chi connectivity index (χ4n) is 2.24. The van der Waals surface area contributed by atoms with Gasteiger partial charge in [-0.25, -0.2) is 0 Å². The van der Waals surface area contributed by atoms with Crippen molar-refractivity contribution < 1.29 is 4.42 Å². The Morgan fingerprint density at radius 1 is 1.11 bits per heavy atom. The van der Waals surface area contributed by atoms with Gasteiger partial charge in [-0.05, 0) is 17.9 Å². The first-order valence-corrected chi connectivity index (χ1v) is 5.62. The van der Waals surface area contributed by atoms with Crippen molar-refractivity contribution in [1.29, 1.82) is 10.7 Å². The molecule has 0 aliphatic heterocycles. The summed E-state index contributed by atoms with van der Waals surface area (Å²) < 4.78 is 5.52. The van der Waals surface area contributed by atoms with Crippen LogP contribution in [0.4, 0.5) is 0 Å². The zero-order chi connectivity index (χ0) is 12.7. The summed E-state index contributed by atoms with van der Waals surface area (Å²) in [5, 5.41) is 19.7. The molecule has 3 nitrogen and oxygen atoms in total. The van der Waals surface area contributed by atoms with Crippen LogP contribution in [0.1, 0.15) is 11.1 Å². The lowest BCUT2D eigenvalue weighted by Crippen LogP contribution is -2.07. The molecule has 0 radical (unpaired) electrons. The molecule has 3 heteroatoms. The lowest BCUT2D eigenvalue weighted by molar-refractivity contribution is 0.532. The fourth-order valence-corrected chi connectivity index (χ4v) is 2.24. The van der Waals surface area contributed by atoms with Crippen molar-refractivity contribution in [3.63, 3.8) is 0 Å². The zero-order valence-electron chi connectivity index (χ0n) is 9.82. The van der Waals surface area contributed by atoms with Crippen LogP contribution in [0.2, 0.25) is 0 Å². The summed E-state index contributed by atoms with van der Waals surface area (Å²) in [6, 6.07) is 13.8. The minimum Gasteiger partial charge on any atom is -0.437 e. The van der Waals surface area contributed by atoms with Crippen LogP contribution in [0.3, 0.4) is 0 Å². The Morgan fingerprint density at radius 2 is 1.89 bits per heavy atom. The van der Waals surface area contributed by atoms with E-state index in [1.54, 1.807) is 0 Å². The SMILES string of the molecule is Cc1c(C#N)c(=N)oc2c1ccc1ccccc12. The minimum atomic E-state index is -0.0705. The first-order valence-electron chi connectivity index (χ1n) is 5.62. The fraction of sp³-hybridized carbons (Fsp3) is 0.0667. The molecule has 0 fully saturated rings. The molecule has 0 unspecified atom stereocenters. The molecule has 1 heterocycles. The number of benzene rings is 2. The largest absolute Gasteiger partial charge is 0.437 e. The van der Waals surface area contributed by atoms with Crippen molar-refractivity contribution >= 4 is 21.7 Å². The van der Waals surface area contributed by atoms with E-state index >= 15 is 0 Å². The molecule has 0 aliphatic carbocycles. The van der Waals surface area contributed by atoms with Gasteiger partial charge in [0.15, 0.2) is 0 Å². The van der Waals surface area contributed by atoms with Gasteiger partial charge in [-0.2, -0.15) is 5.26 Å². The molecule has 1 N–H and O–H groups in total. The lowest BCUT2D eigenvalue weighted by Gasteiger charge is -2.06. The number of nitrogens with zero attached hydrogens (tertiary/aromatic N) is 1. The van der Waals surface area contributed by atoms with Crippen LogP contribution in [0.5, 0.6) is 0 Å². The van der Waals surface area contributed by atoms with Gasteiger partial charge in [-0.3, -0.25) is 5.41 Å². The molecule has 2 aromatic carbocycles. The average molecular weight is 234 g/mol. The summed E-state index contributed by atoms with van der Waals surface area (Å²) in [7, 11) is 0. The molecule has 86 valence electrons. The van der Waals surface area contributed by atoms with Gasteiger partial charge in [0.05, 0.1) is 0 Å². The molecule has 0 spiro atoms. The van der Waals surface area contributed by atoms with Crippen LogP contribution in [0.15, 0.2) is 40.8 Å². The molecule has 3 rings (SSSR count). The van der Waals surface area contributed by atoms with E-state index in [0.29, 0.717) is 11.1 Å². The van der Waals surface area contributed by atoms with E-state index in [9.17, 15) is 0 Å². The Labute approximate surface area is 103 Å². The van der Waals surface area contributed by atoms with Gasteiger partial charge in [0, 0.05) is 10.8 Å². The van der Waals surface area contributed by atoms with Crippen molar-refractivity contribution in [3.8, 4) is 6.07 Å². The summed E-state index contributed by atoms with van der Waals surface area (Å²) in [4.78, 5) is 0. The average Bonchev–Trinajstić information content (AvgIpc) is 2.39. The van der Waals surface area contributed by atoms with Gasteiger partial charge in [-0.1, -0.05) is 36.4 Å². The Morgan fingerprint density at radius 3 is 2.67 bits per heavy atom. The molecular weight excluding hydrogens is 224 g/mol. The maximum atomic E-state index is 9.04. The Kier molecular flexibility index (Phi) is 2.17. The number of rotatable bonds is 0.